The quantitative estimate of drug-likeness (QED) is 0.655. The number of hydrogen-bond acceptors (Lipinski definition) is 6. The standard InChI is InChI=1S/C20H24N2O6S/c1-14-7-5-6-8-15(14)11-20(24)28-13-19(23)21-16-9-10-17(27-4)18(12-16)29(25,26)22(2)3/h5-10,12H,11,13H2,1-4H3,(H,21,23). The zero-order valence-corrected chi connectivity index (χ0v) is 17.6. The molecule has 2 rings (SSSR count). The number of hydrogen-bond donors (Lipinski definition) is 1. The summed E-state index contributed by atoms with van der Waals surface area (Å²) in [5.74, 6) is -0.956. The van der Waals surface area contributed by atoms with E-state index < -0.39 is 28.5 Å². The van der Waals surface area contributed by atoms with Gasteiger partial charge in [0.05, 0.1) is 13.5 Å². The lowest BCUT2D eigenvalue weighted by molar-refractivity contribution is -0.146. The van der Waals surface area contributed by atoms with Gasteiger partial charge in [0.1, 0.15) is 10.6 Å². The van der Waals surface area contributed by atoms with Crippen molar-refractivity contribution in [3.8, 4) is 5.75 Å². The monoisotopic (exact) mass is 420 g/mol. The lowest BCUT2D eigenvalue weighted by Gasteiger charge is -2.16. The number of ether oxygens (including phenoxy) is 2. The molecule has 0 atom stereocenters. The van der Waals surface area contributed by atoms with Crippen LogP contribution in [-0.4, -0.2) is 52.4 Å². The third-order valence-corrected chi connectivity index (χ3v) is 6.00. The van der Waals surface area contributed by atoms with Crippen LogP contribution in [0.3, 0.4) is 0 Å². The molecule has 0 heterocycles. The molecular weight excluding hydrogens is 396 g/mol. The van der Waals surface area contributed by atoms with Crippen molar-refractivity contribution in [3.63, 3.8) is 0 Å². The van der Waals surface area contributed by atoms with Crippen LogP contribution >= 0.6 is 0 Å². The van der Waals surface area contributed by atoms with Crippen molar-refractivity contribution in [3.05, 3.63) is 53.6 Å². The zero-order valence-electron chi connectivity index (χ0n) is 16.8. The number of benzene rings is 2. The topological polar surface area (TPSA) is 102 Å². The van der Waals surface area contributed by atoms with Gasteiger partial charge in [-0.3, -0.25) is 9.59 Å². The van der Waals surface area contributed by atoms with Crippen molar-refractivity contribution in [1.29, 1.82) is 0 Å². The molecule has 1 N–H and O–H groups in total. The number of nitrogens with zero attached hydrogens (tertiary/aromatic N) is 1. The number of methoxy groups -OCH3 is 1. The average molecular weight is 420 g/mol. The minimum atomic E-state index is -3.77. The number of sulfonamides is 1. The molecule has 0 saturated carbocycles. The van der Waals surface area contributed by atoms with Gasteiger partial charge < -0.3 is 14.8 Å². The molecule has 0 bridgehead atoms. The highest BCUT2D eigenvalue weighted by Gasteiger charge is 2.23. The van der Waals surface area contributed by atoms with Gasteiger partial charge in [0.2, 0.25) is 10.0 Å². The Labute approximate surface area is 170 Å². The van der Waals surface area contributed by atoms with Crippen LogP contribution < -0.4 is 10.1 Å². The van der Waals surface area contributed by atoms with Crippen molar-refractivity contribution in [2.24, 2.45) is 0 Å². The number of carbonyl (C=O) groups excluding carboxylic acids is 2. The Morgan fingerprint density at radius 2 is 1.79 bits per heavy atom. The van der Waals surface area contributed by atoms with E-state index in [4.69, 9.17) is 9.47 Å². The summed E-state index contributed by atoms with van der Waals surface area (Å²) in [6.45, 7) is 1.41. The highest BCUT2D eigenvalue weighted by Crippen LogP contribution is 2.28. The van der Waals surface area contributed by atoms with E-state index in [0.29, 0.717) is 0 Å². The number of esters is 1. The first-order valence-electron chi connectivity index (χ1n) is 8.75. The third-order valence-electron chi connectivity index (χ3n) is 4.17. The van der Waals surface area contributed by atoms with Gasteiger partial charge in [-0.1, -0.05) is 24.3 Å². The molecule has 9 heteroatoms. The van der Waals surface area contributed by atoms with Crippen LogP contribution in [0, 0.1) is 6.92 Å². The Morgan fingerprint density at radius 1 is 1.10 bits per heavy atom. The van der Waals surface area contributed by atoms with E-state index >= 15 is 0 Å². The van der Waals surface area contributed by atoms with Crippen LogP contribution in [0.2, 0.25) is 0 Å². The van der Waals surface area contributed by atoms with E-state index in [9.17, 15) is 18.0 Å². The highest BCUT2D eigenvalue weighted by atomic mass is 32.2. The second kappa shape index (κ2) is 9.53. The normalized spacial score (nSPS) is 11.2. The molecular formula is C20H24N2O6S. The fourth-order valence-corrected chi connectivity index (χ4v) is 3.59. The molecule has 0 spiro atoms. The van der Waals surface area contributed by atoms with Crippen molar-refractivity contribution < 1.29 is 27.5 Å². The van der Waals surface area contributed by atoms with Gasteiger partial charge in [-0.2, -0.15) is 0 Å². The molecule has 0 aliphatic rings. The fraction of sp³-hybridized carbons (Fsp3) is 0.300. The van der Waals surface area contributed by atoms with E-state index in [-0.39, 0.29) is 22.8 Å². The van der Waals surface area contributed by atoms with Gasteiger partial charge in [0.25, 0.3) is 5.91 Å². The minimum Gasteiger partial charge on any atom is -0.495 e. The van der Waals surface area contributed by atoms with Crippen LogP contribution in [0.1, 0.15) is 11.1 Å². The van der Waals surface area contributed by atoms with Gasteiger partial charge in [-0.15, -0.1) is 0 Å². The largest absolute Gasteiger partial charge is 0.495 e. The molecule has 2 aromatic rings. The number of nitrogens with one attached hydrogen (secondary N) is 1. The fourth-order valence-electron chi connectivity index (χ4n) is 2.51. The van der Waals surface area contributed by atoms with Gasteiger partial charge in [-0.05, 0) is 36.2 Å². The molecule has 156 valence electrons. The molecule has 0 aliphatic carbocycles. The van der Waals surface area contributed by atoms with Crippen molar-refractivity contribution in [2.75, 3.05) is 33.1 Å². The maximum atomic E-state index is 12.4. The van der Waals surface area contributed by atoms with Crippen LogP contribution in [0.15, 0.2) is 47.4 Å². The highest BCUT2D eigenvalue weighted by molar-refractivity contribution is 7.89. The number of rotatable bonds is 8. The van der Waals surface area contributed by atoms with E-state index in [0.717, 1.165) is 15.4 Å². The second-order valence-corrected chi connectivity index (χ2v) is 8.59. The molecule has 0 aliphatic heterocycles. The zero-order chi connectivity index (χ0) is 21.6. The first-order valence-corrected chi connectivity index (χ1v) is 10.2. The summed E-state index contributed by atoms with van der Waals surface area (Å²) in [5, 5.41) is 2.52. The lowest BCUT2D eigenvalue weighted by atomic mass is 10.1. The molecule has 0 aromatic heterocycles. The van der Waals surface area contributed by atoms with E-state index in [1.165, 1.54) is 39.4 Å². The van der Waals surface area contributed by atoms with Crippen molar-refractivity contribution >= 4 is 27.6 Å². The molecule has 2 aromatic carbocycles. The Kier molecular flexibility index (Phi) is 7.35. The van der Waals surface area contributed by atoms with Crippen LogP contribution in [-0.2, 0) is 30.8 Å². The SMILES string of the molecule is COc1ccc(NC(=O)COC(=O)Cc2ccccc2C)cc1S(=O)(=O)N(C)C. The first-order chi connectivity index (χ1) is 13.6. The number of amides is 1. The average Bonchev–Trinajstić information content (AvgIpc) is 2.68. The number of anilines is 1. The predicted octanol–water partition coefficient (Wildman–Crippen LogP) is 1.98. The molecule has 1 amide bonds. The van der Waals surface area contributed by atoms with Crippen LogP contribution in [0.4, 0.5) is 5.69 Å². The van der Waals surface area contributed by atoms with E-state index in [2.05, 4.69) is 5.32 Å². The second-order valence-electron chi connectivity index (χ2n) is 6.47. The van der Waals surface area contributed by atoms with Crippen LogP contribution in [0.5, 0.6) is 5.75 Å². The van der Waals surface area contributed by atoms with Crippen molar-refractivity contribution in [2.45, 2.75) is 18.2 Å². The Balaban J connectivity index is 2.02. The van der Waals surface area contributed by atoms with Gasteiger partial charge in [-0.25, -0.2) is 12.7 Å². The summed E-state index contributed by atoms with van der Waals surface area (Å²) in [7, 11) is 0.380. The Bertz CT molecular complexity index is 1000. The molecule has 8 nitrogen and oxygen atoms in total. The smallest absolute Gasteiger partial charge is 0.310 e. The molecule has 0 fully saturated rings. The number of aryl methyl sites for hydroxylation is 1. The summed E-state index contributed by atoms with van der Waals surface area (Å²) in [5.41, 5.74) is 2.03. The Hall–Kier alpha value is -2.91. The van der Waals surface area contributed by atoms with Crippen molar-refractivity contribution in [1.82, 2.24) is 4.31 Å². The summed E-state index contributed by atoms with van der Waals surface area (Å²) >= 11 is 0. The lowest BCUT2D eigenvalue weighted by Crippen LogP contribution is -2.24. The third kappa shape index (κ3) is 5.78. The maximum absolute atomic E-state index is 12.4. The summed E-state index contributed by atoms with van der Waals surface area (Å²) in [6, 6.07) is 11.6. The molecule has 0 saturated heterocycles. The summed E-state index contributed by atoms with van der Waals surface area (Å²) in [4.78, 5) is 24.0. The van der Waals surface area contributed by atoms with Gasteiger partial charge in [0.15, 0.2) is 6.61 Å². The first kappa shape index (κ1) is 22.4. The van der Waals surface area contributed by atoms with E-state index in [1.807, 2.05) is 31.2 Å². The molecule has 0 radical (unpaired) electrons. The maximum Gasteiger partial charge on any atom is 0.310 e. The molecule has 29 heavy (non-hydrogen) atoms. The minimum absolute atomic E-state index is 0.0632. The summed E-state index contributed by atoms with van der Waals surface area (Å²) < 4.78 is 36.0. The van der Waals surface area contributed by atoms with Gasteiger partial charge in [0, 0.05) is 19.8 Å². The number of carbonyl (C=O) groups is 2. The Morgan fingerprint density at radius 3 is 2.41 bits per heavy atom. The summed E-state index contributed by atoms with van der Waals surface area (Å²) in [6.07, 6.45) is 0.0632. The van der Waals surface area contributed by atoms with E-state index in [1.54, 1.807) is 0 Å². The van der Waals surface area contributed by atoms with Crippen LogP contribution in [0.25, 0.3) is 0 Å². The predicted molar refractivity (Wildman–Crippen MR) is 108 cm³/mol. The molecule has 0 unspecified atom stereocenters. The van der Waals surface area contributed by atoms with Gasteiger partial charge >= 0.3 is 5.97 Å².